The van der Waals surface area contributed by atoms with Gasteiger partial charge < -0.3 is 9.94 Å². The molecule has 3 rings (SSSR count). The predicted octanol–water partition coefficient (Wildman–Crippen LogP) is 3.93. The van der Waals surface area contributed by atoms with Crippen molar-refractivity contribution in [3.8, 4) is 0 Å². The van der Waals surface area contributed by atoms with Crippen LogP contribution in [-0.4, -0.2) is 47.9 Å². The SMILES string of the molecule is Cc1ccccc1/C(=N/OCCN1CCC=C(C(=O)O)C1)c1ccc(F)cc1C. The van der Waals surface area contributed by atoms with Crippen LogP contribution < -0.4 is 0 Å². The van der Waals surface area contributed by atoms with Gasteiger partial charge in [-0.1, -0.05) is 35.5 Å². The van der Waals surface area contributed by atoms with Crippen molar-refractivity contribution in [3.05, 3.63) is 82.2 Å². The second-order valence-electron chi connectivity index (χ2n) is 7.15. The highest BCUT2D eigenvalue weighted by Crippen LogP contribution is 2.19. The highest BCUT2D eigenvalue weighted by atomic mass is 19.1. The number of carboxylic acid groups (broad SMARTS) is 1. The molecule has 6 heteroatoms. The van der Waals surface area contributed by atoms with E-state index in [1.54, 1.807) is 12.1 Å². The third-order valence-electron chi connectivity index (χ3n) is 5.00. The molecule has 0 unspecified atom stereocenters. The van der Waals surface area contributed by atoms with Gasteiger partial charge in [-0.2, -0.15) is 0 Å². The van der Waals surface area contributed by atoms with Gasteiger partial charge in [-0.25, -0.2) is 9.18 Å². The van der Waals surface area contributed by atoms with Crippen LogP contribution in [0.1, 0.15) is 28.7 Å². The molecule has 5 nitrogen and oxygen atoms in total. The molecule has 1 aliphatic heterocycles. The lowest BCUT2D eigenvalue weighted by Crippen LogP contribution is -2.34. The van der Waals surface area contributed by atoms with E-state index in [-0.39, 0.29) is 5.82 Å². The van der Waals surface area contributed by atoms with Crippen molar-refractivity contribution in [2.45, 2.75) is 20.3 Å². The number of hydrogen-bond donors (Lipinski definition) is 1. The molecule has 0 spiro atoms. The first kappa shape index (κ1) is 20.7. The molecule has 0 saturated heterocycles. The average Bonchev–Trinajstić information content (AvgIpc) is 2.70. The van der Waals surface area contributed by atoms with Gasteiger partial charge in [0.25, 0.3) is 0 Å². The normalized spacial score (nSPS) is 15.1. The largest absolute Gasteiger partial charge is 0.478 e. The van der Waals surface area contributed by atoms with E-state index in [1.807, 2.05) is 43.0 Å². The van der Waals surface area contributed by atoms with E-state index in [4.69, 9.17) is 9.94 Å². The summed E-state index contributed by atoms with van der Waals surface area (Å²) in [5.41, 5.74) is 4.65. The van der Waals surface area contributed by atoms with Crippen LogP contribution >= 0.6 is 0 Å². The second kappa shape index (κ2) is 9.47. The Labute approximate surface area is 170 Å². The fourth-order valence-electron chi connectivity index (χ4n) is 3.41. The van der Waals surface area contributed by atoms with Crippen molar-refractivity contribution in [3.63, 3.8) is 0 Å². The number of halogens is 1. The summed E-state index contributed by atoms with van der Waals surface area (Å²) in [4.78, 5) is 18.8. The molecule has 1 aliphatic rings. The molecule has 1 heterocycles. The monoisotopic (exact) mass is 396 g/mol. The van der Waals surface area contributed by atoms with Gasteiger partial charge in [-0.05, 0) is 49.6 Å². The maximum Gasteiger partial charge on any atom is 0.332 e. The third-order valence-corrected chi connectivity index (χ3v) is 5.00. The molecule has 0 radical (unpaired) electrons. The number of aryl methyl sites for hydroxylation is 2. The lowest BCUT2D eigenvalue weighted by Gasteiger charge is -2.25. The smallest absolute Gasteiger partial charge is 0.332 e. The summed E-state index contributed by atoms with van der Waals surface area (Å²) in [7, 11) is 0. The van der Waals surface area contributed by atoms with Crippen molar-refractivity contribution >= 4 is 11.7 Å². The topological polar surface area (TPSA) is 62.1 Å². The van der Waals surface area contributed by atoms with Gasteiger partial charge in [0.05, 0.1) is 0 Å². The zero-order valence-electron chi connectivity index (χ0n) is 16.7. The van der Waals surface area contributed by atoms with Crippen LogP contribution in [0.15, 0.2) is 59.3 Å². The van der Waals surface area contributed by atoms with Crippen LogP contribution in [0.4, 0.5) is 4.39 Å². The fourth-order valence-corrected chi connectivity index (χ4v) is 3.41. The van der Waals surface area contributed by atoms with E-state index in [9.17, 15) is 9.18 Å². The summed E-state index contributed by atoms with van der Waals surface area (Å²) in [5.74, 6) is -1.16. The molecule has 2 aromatic rings. The van der Waals surface area contributed by atoms with Gasteiger partial charge in [0.15, 0.2) is 0 Å². The highest BCUT2D eigenvalue weighted by Gasteiger charge is 2.17. The molecule has 0 amide bonds. The van der Waals surface area contributed by atoms with Gasteiger partial charge in [0.1, 0.15) is 18.1 Å². The molecular formula is C23H25FN2O3. The van der Waals surface area contributed by atoms with E-state index in [0.29, 0.717) is 37.4 Å². The number of rotatable bonds is 7. The van der Waals surface area contributed by atoms with Gasteiger partial charge in [0, 0.05) is 36.3 Å². The number of oxime groups is 1. The number of hydrogen-bond acceptors (Lipinski definition) is 4. The maximum atomic E-state index is 13.6. The number of carbonyl (C=O) groups is 1. The van der Waals surface area contributed by atoms with E-state index in [1.165, 1.54) is 12.1 Å². The molecule has 1 N–H and O–H groups in total. The predicted molar refractivity (Wildman–Crippen MR) is 111 cm³/mol. The molecule has 0 aromatic heterocycles. The minimum Gasteiger partial charge on any atom is -0.478 e. The average molecular weight is 396 g/mol. The number of aliphatic carboxylic acids is 1. The quantitative estimate of drug-likeness (QED) is 0.438. The Hall–Kier alpha value is -2.99. The Morgan fingerprint density at radius 3 is 2.66 bits per heavy atom. The Balaban J connectivity index is 1.75. The summed E-state index contributed by atoms with van der Waals surface area (Å²) in [5, 5.41) is 13.5. The number of carboxylic acids is 1. The first-order valence-corrected chi connectivity index (χ1v) is 9.63. The lowest BCUT2D eigenvalue weighted by molar-refractivity contribution is -0.133. The van der Waals surface area contributed by atoms with Crippen LogP contribution in [0.3, 0.4) is 0 Å². The van der Waals surface area contributed by atoms with Crippen molar-refractivity contribution in [2.24, 2.45) is 5.16 Å². The van der Waals surface area contributed by atoms with Crippen LogP contribution in [0.5, 0.6) is 0 Å². The Morgan fingerprint density at radius 2 is 1.93 bits per heavy atom. The molecule has 0 aliphatic carbocycles. The summed E-state index contributed by atoms with van der Waals surface area (Å²) in [6, 6.07) is 12.5. The molecule has 29 heavy (non-hydrogen) atoms. The van der Waals surface area contributed by atoms with E-state index in [2.05, 4.69) is 5.16 Å². The standard InChI is InChI=1S/C23H25FN2O3/c1-16-6-3-4-8-20(16)22(21-10-9-19(24)14-17(21)2)25-29-13-12-26-11-5-7-18(15-26)23(27)28/h3-4,6-10,14H,5,11-13,15H2,1-2H3,(H,27,28)/b25-22-. The highest BCUT2D eigenvalue weighted by molar-refractivity contribution is 6.14. The lowest BCUT2D eigenvalue weighted by atomic mass is 9.95. The summed E-state index contributed by atoms with van der Waals surface area (Å²) in [6.07, 6.45) is 2.49. The minimum atomic E-state index is -0.873. The Kier molecular flexibility index (Phi) is 6.77. The fraction of sp³-hybridized carbons (Fsp3) is 0.304. The summed E-state index contributed by atoms with van der Waals surface area (Å²) >= 11 is 0. The van der Waals surface area contributed by atoms with Crippen molar-refractivity contribution in [1.29, 1.82) is 0 Å². The van der Waals surface area contributed by atoms with Crippen molar-refractivity contribution in [2.75, 3.05) is 26.2 Å². The zero-order valence-corrected chi connectivity index (χ0v) is 16.7. The van der Waals surface area contributed by atoms with E-state index in [0.717, 1.165) is 28.8 Å². The van der Waals surface area contributed by atoms with Gasteiger partial charge >= 0.3 is 5.97 Å². The first-order valence-electron chi connectivity index (χ1n) is 9.63. The van der Waals surface area contributed by atoms with E-state index >= 15 is 0 Å². The number of nitrogens with zero attached hydrogens (tertiary/aromatic N) is 2. The van der Waals surface area contributed by atoms with Crippen LogP contribution in [0.2, 0.25) is 0 Å². The van der Waals surface area contributed by atoms with Gasteiger partial charge in [-0.15, -0.1) is 0 Å². The number of benzene rings is 2. The summed E-state index contributed by atoms with van der Waals surface area (Å²) < 4.78 is 13.6. The summed E-state index contributed by atoms with van der Waals surface area (Å²) in [6.45, 7) is 5.96. The first-order chi connectivity index (χ1) is 14.0. The van der Waals surface area contributed by atoms with Crippen LogP contribution in [0.25, 0.3) is 0 Å². The zero-order chi connectivity index (χ0) is 20.8. The van der Waals surface area contributed by atoms with Crippen LogP contribution in [-0.2, 0) is 9.63 Å². The van der Waals surface area contributed by atoms with E-state index < -0.39 is 5.97 Å². The van der Waals surface area contributed by atoms with Gasteiger partial charge in [0.2, 0.25) is 0 Å². The molecule has 152 valence electrons. The minimum absolute atomic E-state index is 0.288. The second-order valence-corrected chi connectivity index (χ2v) is 7.15. The maximum absolute atomic E-state index is 13.6. The molecule has 0 fully saturated rings. The Morgan fingerprint density at radius 1 is 1.17 bits per heavy atom. The molecule has 0 bridgehead atoms. The molecule has 2 aromatic carbocycles. The van der Waals surface area contributed by atoms with Crippen molar-refractivity contribution < 1.29 is 19.1 Å². The van der Waals surface area contributed by atoms with Crippen molar-refractivity contribution in [1.82, 2.24) is 4.90 Å². The molecular weight excluding hydrogens is 371 g/mol. The molecule has 0 atom stereocenters. The van der Waals surface area contributed by atoms with Crippen LogP contribution in [0, 0.1) is 19.7 Å². The third kappa shape index (κ3) is 5.29. The molecule has 0 saturated carbocycles. The Bertz CT molecular complexity index is 953. The van der Waals surface area contributed by atoms with Gasteiger partial charge in [-0.3, -0.25) is 4.90 Å².